The standard InChI is InChI=1S/C7H18NO2/c1-7(8(2,3)4)10-6-5-9/h7,9H,5-6H2,1-4H3/q+1. The number of ether oxygens (including phenoxy) is 1. The summed E-state index contributed by atoms with van der Waals surface area (Å²) in [6.45, 7) is 2.52. The maximum Gasteiger partial charge on any atom is 0.189 e. The Kier molecular flexibility index (Phi) is 3.86. The molecule has 0 aliphatic carbocycles. The Hall–Kier alpha value is -0.120. The fourth-order valence-electron chi connectivity index (χ4n) is 0.447. The molecule has 0 aromatic carbocycles. The summed E-state index contributed by atoms with van der Waals surface area (Å²) in [5.41, 5.74) is 0. The summed E-state index contributed by atoms with van der Waals surface area (Å²) in [5, 5.41) is 8.45. The van der Waals surface area contributed by atoms with Crippen LogP contribution in [0.3, 0.4) is 0 Å². The van der Waals surface area contributed by atoms with Crippen LogP contribution in [0.15, 0.2) is 0 Å². The molecular weight excluding hydrogens is 130 g/mol. The minimum Gasteiger partial charge on any atom is -0.394 e. The lowest BCUT2D eigenvalue weighted by Crippen LogP contribution is -2.45. The molecule has 0 heterocycles. The molecule has 62 valence electrons. The van der Waals surface area contributed by atoms with Crippen molar-refractivity contribution in [3.8, 4) is 0 Å². The van der Waals surface area contributed by atoms with Crippen LogP contribution in [0.4, 0.5) is 0 Å². The van der Waals surface area contributed by atoms with Gasteiger partial charge in [-0.1, -0.05) is 0 Å². The van der Waals surface area contributed by atoms with E-state index < -0.39 is 0 Å². The van der Waals surface area contributed by atoms with Crippen molar-refractivity contribution in [2.75, 3.05) is 34.4 Å². The minimum atomic E-state index is 0.102. The van der Waals surface area contributed by atoms with Crippen LogP contribution in [0.2, 0.25) is 0 Å². The second-order valence-electron chi connectivity index (χ2n) is 3.31. The average molecular weight is 148 g/mol. The van der Waals surface area contributed by atoms with Gasteiger partial charge in [-0.2, -0.15) is 0 Å². The van der Waals surface area contributed by atoms with Crippen LogP contribution in [0.5, 0.6) is 0 Å². The van der Waals surface area contributed by atoms with Crippen molar-refractivity contribution in [3.05, 3.63) is 0 Å². The first-order valence-electron chi connectivity index (χ1n) is 3.52. The zero-order valence-electron chi connectivity index (χ0n) is 7.29. The van der Waals surface area contributed by atoms with Gasteiger partial charge < -0.3 is 14.3 Å². The van der Waals surface area contributed by atoms with Crippen LogP contribution >= 0.6 is 0 Å². The van der Waals surface area contributed by atoms with Gasteiger partial charge >= 0.3 is 0 Å². The van der Waals surface area contributed by atoms with Gasteiger partial charge in [-0.3, -0.25) is 0 Å². The number of aliphatic hydroxyl groups excluding tert-OH is 1. The molecule has 1 unspecified atom stereocenters. The molecule has 0 aliphatic heterocycles. The molecule has 0 fully saturated rings. The van der Waals surface area contributed by atoms with Gasteiger partial charge in [-0.05, 0) is 0 Å². The Bertz CT molecular complexity index is 88.1. The molecule has 0 amide bonds. The van der Waals surface area contributed by atoms with Crippen molar-refractivity contribution in [3.63, 3.8) is 0 Å². The number of nitrogens with zero attached hydrogens (tertiary/aromatic N) is 1. The van der Waals surface area contributed by atoms with E-state index in [2.05, 4.69) is 21.1 Å². The van der Waals surface area contributed by atoms with Gasteiger partial charge in [0.1, 0.15) is 0 Å². The van der Waals surface area contributed by atoms with E-state index in [0.717, 1.165) is 4.48 Å². The summed E-state index contributed by atoms with van der Waals surface area (Å²) < 4.78 is 6.04. The molecule has 0 aliphatic rings. The number of hydrogen-bond acceptors (Lipinski definition) is 2. The molecule has 10 heavy (non-hydrogen) atoms. The van der Waals surface area contributed by atoms with Crippen LogP contribution in [0, 0.1) is 0 Å². The third-order valence-electron chi connectivity index (χ3n) is 1.54. The Morgan fingerprint density at radius 1 is 1.40 bits per heavy atom. The Labute approximate surface area is 62.8 Å². The molecule has 0 spiro atoms. The van der Waals surface area contributed by atoms with Gasteiger partial charge in [0.25, 0.3) is 0 Å². The molecule has 0 radical (unpaired) electrons. The second kappa shape index (κ2) is 3.91. The molecule has 0 saturated heterocycles. The van der Waals surface area contributed by atoms with Crippen molar-refractivity contribution in [2.24, 2.45) is 0 Å². The quantitative estimate of drug-likeness (QED) is 0.451. The SMILES string of the molecule is CC(OCCO)[N+](C)(C)C. The highest BCUT2D eigenvalue weighted by molar-refractivity contribution is 4.30. The Morgan fingerprint density at radius 2 is 1.90 bits per heavy atom. The van der Waals surface area contributed by atoms with E-state index in [0.29, 0.717) is 6.61 Å². The fraction of sp³-hybridized carbons (Fsp3) is 1.00. The van der Waals surface area contributed by atoms with E-state index in [1.54, 1.807) is 0 Å². The summed E-state index contributed by atoms with van der Waals surface area (Å²) in [7, 11) is 6.17. The van der Waals surface area contributed by atoms with E-state index in [9.17, 15) is 0 Å². The monoisotopic (exact) mass is 148 g/mol. The van der Waals surface area contributed by atoms with Crippen molar-refractivity contribution in [1.29, 1.82) is 0 Å². The van der Waals surface area contributed by atoms with Gasteiger partial charge in [0.05, 0.1) is 34.4 Å². The average Bonchev–Trinajstić information content (AvgIpc) is 1.80. The topological polar surface area (TPSA) is 29.5 Å². The number of aliphatic hydroxyl groups is 1. The molecule has 1 N–H and O–H groups in total. The Balaban J connectivity index is 3.52. The van der Waals surface area contributed by atoms with Crippen molar-refractivity contribution in [1.82, 2.24) is 0 Å². The first-order chi connectivity index (χ1) is 4.48. The van der Waals surface area contributed by atoms with E-state index in [-0.39, 0.29) is 12.8 Å². The van der Waals surface area contributed by atoms with Crippen molar-refractivity contribution < 1.29 is 14.3 Å². The number of hydrogen-bond donors (Lipinski definition) is 1. The lowest BCUT2D eigenvalue weighted by Gasteiger charge is -2.30. The fourth-order valence-corrected chi connectivity index (χ4v) is 0.447. The second-order valence-corrected chi connectivity index (χ2v) is 3.31. The van der Waals surface area contributed by atoms with Crippen molar-refractivity contribution in [2.45, 2.75) is 13.2 Å². The Morgan fingerprint density at radius 3 is 2.20 bits per heavy atom. The zero-order chi connectivity index (χ0) is 8.20. The van der Waals surface area contributed by atoms with Crippen LogP contribution in [0.25, 0.3) is 0 Å². The molecule has 0 aromatic heterocycles. The minimum absolute atomic E-state index is 0.102. The summed E-state index contributed by atoms with van der Waals surface area (Å²) in [4.78, 5) is 0. The van der Waals surface area contributed by atoms with E-state index >= 15 is 0 Å². The normalized spacial score (nSPS) is 15.3. The molecule has 3 nitrogen and oxygen atoms in total. The van der Waals surface area contributed by atoms with Gasteiger partial charge in [0.2, 0.25) is 0 Å². The third kappa shape index (κ3) is 3.82. The third-order valence-corrected chi connectivity index (χ3v) is 1.54. The highest BCUT2D eigenvalue weighted by Crippen LogP contribution is 2.02. The lowest BCUT2D eigenvalue weighted by molar-refractivity contribution is -0.917. The molecular formula is C7H18NO2+. The van der Waals surface area contributed by atoms with Crippen LogP contribution in [-0.2, 0) is 4.74 Å². The maximum absolute atomic E-state index is 8.45. The highest BCUT2D eigenvalue weighted by atomic mass is 16.5. The van der Waals surface area contributed by atoms with Crippen LogP contribution < -0.4 is 0 Å². The van der Waals surface area contributed by atoms with E-state index in [4.69, 9.17) is 9.84 Å². The summed E-state index contributed by atoms with van der Waals surface area (Å²) in [6.07, 6.45) is 0.146. The molecule has 0 bridgehead atoms. The highest BCUT2D eigenvalue weighted by Gasteiger charge is 2.17. The molecule has 0 aromatic rings. The smallest absolute Gasteiger partial charge is 0.189 e. The molecule has 1 atom stereocenters. The maximum atomic E-state index is 8.45. The number of quaternary nitrogens is 1. The molecule has 0 rings (SSSR count). The summed E-state index contributed by atoms with van der Waals surface area (Å²) in [5.74, 6) is 0. The zero-order valence-corrected chi connectivity index (χ0v) is 7.29. The number of rotatable bonds is 4. The molecule has 3 heteroatoms. The molecule has 0 saturated carbocycles. The predicted octanol–water partition coefficient (Wildman–Crippen LogP) is 0.0475. The van der Waals surface area contributed by atoms with Crippen molar-refractivity contribution >= 4 is 0 Å². The first kappa shape index (κ1) is 9.88. The van der Waals surface area contributed by atoms with Gasteiger partial charge in [-0.15, -0.1) is 0 Å². The van der Waals surface area contributed by atoms with Crippen LogP contribution in [-0.4, -0.2) is 50.2 Å². The predicted molar refractivity (Wildman–Crippen MR) is 40.5 cm³/mol. The van der Waals surface area contributed by atoms with Gasteiger partial charge in [0.15, 0.2) is 6.23 Å². The van der Waals surface area contributed by atoms with Gasteiger partial charge in [-0.25, -0.2) is 0 Å². The van der Waals surface area contributed by atoms with Crippen LogP contribution in [0.1, 0.15) is 6.92 Å². The van der Waals surface area contributed by atoms with Gasteiger partial charge in [0, 0.05) is 6.92 Å². The summed E-state index contributed by atoms with van der Waals surface area (Å²) in [6, 6.07) is 0. The van der Waals surface area contributed by atoms with E-state index in [1.807, 2.05) is 6.92 Å². The van der Waals surface area contributed by atoms with E-state index in [1.165, 1.54) is 0 Å². The lowest BCUT2D eigenvalue weighted by atomic mass is 10.5. The largest absolute Gasteiger partial charge is 0.394 e. The summed E-state index contributed by atoms with van der Waals surface area (Å²) >= 11 is 0. The first-order valence-corrected chi connectivity index (χ1v) is 3.52.